The molecule has 5 rings (SSSR count). The van der Waals surface area contributed by atoms with Gasteiger partial charge in [0, 0.05) is 36.4 Å². The molecule has 3 N–H and O–H groups in total. The van der Waals surface area contributed by atoms with Crippen molar-refractivity contribution in [1.82, 2.24) is 30.3 Å². The van der Waals surface area contributed by atoms with Crippen LogP contribution in [0.3, 0.4) is 0 Å². The van der Waals surface area contributed by atoms with Crippen molar-refractivity contribution >= 4 is 11.9 Å². The van der Waals surface area contributed by atoms with Crippen LogP contribution in [0.15, 0.2) is 30.7 Å². The molecule has 0 spiro atoms. The highest BCUT2D eigenvalue weighted by molar-refractivity contribution is 5.85. The normalized spacial score (nSPS) is 24.8. The van der Waals surface area contributed by atoms with Gasteiger partial charge in [0.05, 0.1) is 18.0 Å². The molecule has 0 radical (unpaired) electrons. The van der Waals surface area contributed by atoms with E-state index in [1.807, 2.05) is 0 Å². The van der Waals surface area contributed by atoms with E-state index in [9.17, 15) is 23.1 Å². The van der Waals surface area contributed by atoms with Crippen molar-refractivity contribution in [2.24, 2.45) is 13.0 Å². The minimum Gasteiger partial charge on any atom is -0.507 e. The summed E-state index contributed by atoms with van der Waals surface area (Å²) in [5.41, 5.74) is 0.726. The first-order valence-electron chi connectivity index (χ1n) is 12.2. The number of phenols is 1. The number of alkyl halides is 3. The van der Waals surface area contributed by atoms with Crippen LogP contribution in [0.1, 0.15) is 39.5 Å². The van der Waals surface area contributed by atoms with Gasteiger partial charge in [0.1, 0.15) is 17.2 Å². The molecule has 2 aliphatic rings. The average Bonchev–Trinajstić information content (AvgIpc) is 3.36. The minimum atomic E-state index is -5.24. The largest absolute Gasteiger partial charge is 0.507 e. The topological polar surface area (TPSA) is 127 Å². The van der Waals surface area contributed by atoms with E-state index >= 15 is 0 Å². The Labute approximate surface area is 216 Å². The third-order valence-electron chi connectivity index (χ3n) is 7.23. The van der Waals surface area contributed by atoms with Crippen molar-refractivity contribution in [3.63, 3.8) is 0 Å². The molecule has 2 unspecified atom stereocenters. The maximum Gasteiger partial charge on any atom is 0.491 e. The molecule has 2 aliphatic heterocycles. The first-order chi connectivity index (χ1) is 17.8. The number of aromatic hydroxyl groups is 1. The van der Waals surface area contributed by atoms with Gasteiger partial charge in [-0.25, -0.2) is 9.78 Å². The number of rotatable bonds is 6. The third-order valence-corrected chi connectivity index (χ3v) is 7.23. The summed E-state index contributed by atoms with van der Waals surface area (Å²) in [4.78, 5) is 15.9. The van der Waals surface area contributed by atoms with Crippen LogP contribution in [-0.2, 0) is 11.8 Å². The van der Waals surface area contributed by atoms with Gasteiger partial charge < -0.3 is 20.5 Å². The Kier molecular flexibility index (Phi) is 6.28. The summed E-state index contributed by atoms with van der Waals surface area (Å²) in [6.45, 7) is 5.13. The molecule has 2 bridgehead atoms. The predicted molar refractivity (Wildman–Crippen MR) is 131 cm³/mol. The van der Waals surface area contributed by atoms with Crippen LogP contribution in [0.2, 0.25) is 0 Å². The summed E-state index contributed by atoms with van der Waals surface area (Å²) in [5.74, 6) is -2.77. The Balaban J connectivity index is 1.38. The van der Waals surface area contributed by atoms with Crippen LogP contribution in [0.25, 0.3) is 22.4 Å². The number of piperidine rings is 1. The number of esters is 1. The standard InChI is InChI=1S/C25H28F3N7O3/c1-23-4-5-24(2,34-23)9-14(8-23)10-29-22-30-12-17(32-33-22)20-18(36)6-15(16-11-31-35(3)13-16)7-19(20)38-21(37)25(26,27)28/h6-7,11-14,34,36H,4-5,8-10H2,1-3H3,(H,29,30,33). The number of nitrogens with zero attached hydrogens (tertiary/aromatic N) is 5. The van der Waals surface area contributed by atoms with Crippen LogP contribution in [-0.4, -0.2) is 59.8 Å². The van der Waals surface area contributed by atoms with Crippen molar-refractivity contribution in [1.29, 1.82) is 0 Å². The molecule has 0 amide bonds. The molecule has 2 aromatic heterocycles. The van der Waals surface area contributed by atoms with Crippen LogP contribution in [0, 0.1) is 5.92 Å². The van der Waals surface area contributed by atoms with Gasteiger partial charge in [0.2, 0.25) is 5.95 Å². The molecule has 0 saturated carbocycles. The maximum atomic E-state index is 13.0. The zero-order chi connectivity index (χ0) is 27.3. The monoisotopic (exact) mass is 531 g/mol. The number of anilines is 1. The van der Waals surface area contributed by atoms with Crippen LogP contribution >= 0.6 is 0 Å². The molecular weight excluding hydrogens is 503 g/mol. The van der Waals surface area contributed by atoms with E-state index in [2.05, 4.69) is 49.5 Å². The lowest BCUT2D eigenvalue weighted by Gasteiger charge is -2.42. The summed E-state index contributed by atoms with van der Waals surface area (Å²) in [6, 6.07) is 2.52. The molecule has 3 aromatic rings. The van der Waals surface area contributed by atoms with Gasteiger partial charge in [-0.1, -0.05) is 0 Å². The number of aromatic nitrogens is 5. The Morgan fingerprint density at radius 2 is 1.89 bits per heavy atom. The van der Waals surface area contributed by atoms with Crippen LogP contribution in [0.5, 0.6) is 11.5 Å². The number of halogens is 3. The van der Waals surface area contributed by atoms with E-state index in [1.54, 1.807) is 13.2 Å². The van der Waals surface area contributed by atoms with Crippen molar-refractivity contribution < 1.29 is 27.8 Å². The molecule has 38 heavy (non-hydrogen) atoms. The fourth-order valence-corrected chi connectivity index (χ4v) is 5.74. The number of fused-ring (bicyclic) bond motifs is 2. The number of ether oxygens (including phenoxy) is 1. The Morgan fingerprint density at radius 3 is 2.47 bits per heavy atom. The Bertz CT molecular complexity index is 1340. The van der Waals surface area contributed by atoms with Crippen molar-refractivity contribution in [2.75, 3.05) is 11.9 Å². The highest BCUT2D eigenvalue weighted by atomic mass is 19.4. The smallest absolute Gasteiger partial charge is 0.491 e. The summed E-state index contributed by atoms with van der Waals surface area (Å²) in [7, 11) is 1.66. The lowest BCUT2D eigenvalue weighted by Crippen LogP contribution is -2.54. The van der Waals surface area contributed by atoms with Gasteiger partial charge in [-0.05, 0) is 63.1 Å². The number of carbonyl (C=O) groups is 1. The SMILES string of the molecule is Cn1cc(-c2cc(O)c(-c3cnc(NCC4CC5(C)CCC(C)(C4)N5)nn3)c(OC(=O)C(F)(F)F)c2)cn1. The van der Waals surface area contributed by atoms with Crippen molar-refractivity contribution in [3.05, 3.63) is 30.7 Å². The highest BCUT2D eigenvalue weighted by Crippen LogP contribution is 2.45. The van der Waals surface area contributed by atoms with E-state index in [-0.39, 0.29) is 28.3 Å². The zero-order valence-corrected chi connectivity index (χ0v) is 21.1. The third kappa shape index (κ3) is 5.28. The summed E-state index contributed by atoms with van der Waals surface area (Å²) >= 11 is 0. The first kappa shape index (κ1) is 25.9. The van der Waals surface area contributed by atoms with E-state index in [0.29, 0.717) is 23.6 Å². The Morgan fingerprint density at radius 1 is 1.18 bits per heavy atom. The average molecular weight is 532 g/mol. The van der Waals surface area contributed by atoms with Gasteiger partial charge in [-0.2, -0.15) is 18.3 Å². The Hall–Kier alpha value is -3.74. The lowest BCUT2D eigenvalue weighted by molar-refractivity contribution is -0.189. The fraction of sp³-hybridized carbons (Fsp3) is 0.480. The maximum absolute atomic E-state index is 13.0. The number of aryl methyl sites for hydroxylation is 1. The summed E-state index contributed by atoms with van der Waals surface area (Å²) in [6.07, 6.45) is 3.39. The molecule has 13 heteroatoms. The zero-order valence-electron chi connectivity index (χ0n) is 21.1. The van der Waals surface area contributed by atoms with E-state index in [4.69, 9.17) is 0 Å². The minimum absolute atomic E-state index is 0.0595. The summed E-state index contributed by atoms with van der Waals surface area (Å²) in [5, 5.41) is 29.8. The second-order valence-corrected chi connectivity index (χ2v) is 10.7. The number of hydrogen-bond acceptors (Lipinski definition) is 9. The molecule has 4 heterocycles. The number of nitrogens with one attached hydrogen (secondary N) is 2. The van der Waals surface area contributed by atoms with E-state index in [1.165, 1.54) is 29.2 Å². The number of hydrogen-bond donors (Lipinski definition) is 3. The molecule has 1 aromatic carbocycles. The number of benzene rings is 1. The van der Waals surface area contributed by atoms with Crippen LogP contribution < -0.4 is 15.4 Å². The molecule has 2 saturated heterocycles. The molecule has 10 nitrogen and oxygen atoms in total. The lowest BCUT2D eigenvalue weighted by atomic mass is 9.80. The predicted octanol–water partition coefficient (Wildman–Crippen LogP) is 3.84. The molecule has 202 valence electrons. The fourth-order valence-electron chi connectivity index (χ4n) is 5.74. The van der Waals surface area contributed by atoms with Crippen LogP contribution in [0.4, 0.5) is 19.1 Å². The summed E-state index contributed by atoms with van der Waals surface area (Å²) < 4.78 is 45.1. The first-order valence-corrected chi connectivity index (χ1v) is 12.2. The second kappa shape index (κ2) is 9.22. The van der Waals surface area contributed by atoms with Crippen molar-refractivity contribution in [2.45, 2.75) is 56.8 Å². The van der Waals surface area contributed by atoms with Gasteiger partial charge in [-0.15, -0.1) is 10.2 Å². The van der Waals surface area contributed by atoms with Gasteiger partial charge in [-0.3, -0.25) is 4.68 Å². The molecule has 2 fully saturated rings. The molecule has 0 aliphatic carbocycles. The molecular formula is C25H28F3N7O3. The van der Waals surface area contributed by atoms with E-state index < -0.39 is 23.6 Å². The van der Waals surface area contributed by atoms with Gasteiger partial charge >= 0.3 is 12.1 Å². The molecule has 2 atom stereocenters. The highest BCUT2D eigenvalue weighted by Gasteiger charge is 2.48. The quantitative estimate of drug-likeness (QED) is 0.321. The number of phenolic OH excluding ortho intramolecular Hbond substituents is 1. The number of carbonyl (C=O) groups excluding carboxylic acids is 1. The van der Waals surface area contributed by atoms with Gasteiger partial charge in [0.15, 0.2) is 0 Å². The second-order valence-electron chi connectivity index (χ2n) is 10.7. The van der Waals surface area contributed by atoms with Gasteiger partial charge in [0.25, 0.3) is 0 Å². The van der Waals surface area contributed by atoms with Crippen molar-refractivity contribution in [3.8, 4) is 33.9 Å². The van der Waals surface area contributed by atoms with E-state index in [0.717, 1.165) is 25.7 Å².